The fourth-order valence-electron chi connectivity index (χ4n) is 5.09. The highest BCUT2D eigenvalue weighted by Gasteiger charge is 2.22. The van der Waals surface area contributed by atoms with Crippen LogP contribution < -0.4 is 9.80 Å². The van der Waals surface area contributed by atoms with Crippen LogP contribution in [0.15, 0.2) is 77.4 Å². The van der Waals surface area contributed by atoms with Crippen molar-refractivity contribution >= 4 is 39.6 Å². The fourth-order valence-corrected chi connectivity index (χ4v) is 5.38. The van der Waals surface area contributed by atoms with E-state index < -0.39 is 0 Å². The van der Waals surface area contributed by atoms with Gasteiger partial charge in [0.1, 0.15) is 5.84 Å². The summed E-state index contributed by atoms with van der Waals surface area (Å²) in [6.45, 7) is 7.05. The number of nitrogens with zero attached hydrogens (tertiary/aromatic N) is 3. The van der Waals surface area contributed by atoms with E-state index in [0.29, 0.717) is 0 Å². The summed E-state index contributed by atoms with van der Waals surface area (Å²) in [5.74, 6) is 1.74. The van der Waals surface area contributed by atoms with Gasteiger partial charge in [0.2, 0.25) is 0 Å². The Labute approximate surface area is 196 Å². The number of anilines is 2. The summed E-state index contributed by atoms with van der Waals surface area (Å²) in [5, 5.41) is 3.57. The number of hydrogen-bond donors (Lipinski definition) is 0. The molecule has 2 aliphatic heterocycles. The van der Waals surface area contributed by atoms with Crippen LogP contribution in [-0.2, 0) is 6.42 Å². The molecular weight excluding hydrogens is 414 g/mol. The van der Waals surface area contributed by atoms with Crippen molar-refractivity contribution in [1.29, 1.82) is 0 Å². The lowest BCUT2D eigenvalue weighted by molar-refractivity contribution is 0.404. The SMILES string of the molecule is CC1=CCN(c2ccc(N3CCC(Cc4cccc5ccccc45)CC3)c(Cl)c2)C(C)=N1. The Bertz CT molecular complexity index is 1180. The molecule has 2 heterocycles. The van der Waals surface area contributed by atoms with E-state index >= 15 is 0 Å². The molecule has 0 N–H and O–H groups in total. The number of halogens is 1. The van der Waals surface area contributed by atoms with Crippen LogP contribution in [0.25, 0.3) is 10.8 Å². The van der Waals surface area contributed by atoms with Crippen molar-refractivity contribution in [2.24, 2.45) is 10.9 Å². The standard InChI is InChI=1S/C28H30ClN3/c1-20-12-17-32(21(2)30-20)25-10-11-28(27(29)19-25)31-15-13-22(14-16-31)18-24-8-5-7-23-6-3-4-9-26(23)24/h3-12,19,22H,13-18H2,1-2H3. The molecule has 0 atom stereocenters. The highest BCUT2D eigenvalue weighted by molar-refractivity contribution is 6.33. The van der Waals surface area contributed by atoms with Gasteiger partial charge in [0.05, 0.1) is 10.7 Å². The van der Waals surface area contributed by atoms with Gasteiger partial charge in [-0.25, -0.2) is 4.99 Å². The highest BCUT2D eigenvalue weighted by atomic mass is 35.5. The first kappa shape index (κ1) is 21.1. The Morgan fingerprint density at radius 1 is 0.969 bits per heavy atom. The van der Waals surface area contributed by atoms with E-state index in [2.05, 4.69) is 88.5 Å². The first-order valence-electron chi connectivity index (χ1n) is 11.6. The fraction of sp³-hybridized carbons (Fsp3) is 0.321. The van der Waals surface area contributed by atoms with Crippen molar-refractivity contribution in [1.82, 2.24) is 0 Å². The molecule has 0 aromatic heterocycles. The summed E-state index contributed by atoms with van der Waals surface area (Å²) in [4.78, 5) is 9.25. The molecule has 3 aromatic carbocycles. The minimum Gasteiger partial charge on any atom is -0.370 e. The quantitative estimate of drug-likeness (QED) is 0.428. The lowest BCUT2D eigenvalue weighted by Gasteiger charge is -2.35. The summed E-state index contributed by atoms with van der Waals surface area (Å²) in [6, 6.07) is 21.9. The van der Waals surface area contributed by atoms with E-state index in [1.54, 1.807) is 0 Å². The normalized spacial score (nSPS) is 17.5. The van der Waals surface area contributed by atoms with Crippen LogP contribution >= 0.6 is 11.6 Å². The van der Waals surface area contributed by atoms with Crippen LogP contribution in [-0.4, -0.2) is 25.5 Å². The second-order valence-corrected chi connectivity index (χ2v) is 9.43. The largest absolute Gasteiger partial charge is 0.370 e. The second kappa shape index (κ2) is 8.99. The first-order valence-corrected chi connectivity index (χ1v) is 12.0. The molecule has 4 heteroatoms. The molecule has 0 spiro atoms. The van der Waals surface area contributed by atoms with Crippen molar-refractivity contribution in [3.63, 3.8) is 0 Å². The second-order valence-electron chi connectivity index (χ2n) is 9.02. The summed E-state index contributed by atoms with van der Waals surface area (Å²) in [7, 11) is 0. The Balaban J connectivity index is 1.25. The van der Waals surface area contributed by atoms with Crippen LogP contribution in [0.4, 0.5) is 11.4 Å². The van der Waals surface area contributed by atoms with Crippen molar-refractivity contribution in [3.05, 3.63) is 83.0 Å². The summed E-state index contributed by atoms with van der Waals surface area (Å²) in [6.07, 6.45) is 5.70. The molecule has 0 unspecified atom stereocenters. The molecule has 0 aliphatic carbocycles. The first-order chi connectivity index (χ1) is 15.6. The predicted molar refractivity (Wildman–Crippen MR) is 138 cm³/mol. The van der Waals surface area contributed by atoms with E-state index in [0.717, 1.165) is 59.9 Å². The maximum Gasteiger partial charge on any atom is 0.106 e. The van der Waals surface area contributed by atoms with E-state index in [1.165, 1.54) is 29.2 Å². The lowest BCUT2D eigenvalue weighted by atomic mass is 9.88. The van der Waals surface area contributed by atoms with Gasteiger partial charge in [-0.3, -0.25) is 0 Å². The monoisotopic (exact) mass is 443 g/mol. The number of fused-ring (bicyclic) bond motifs is 1. The van der Waals surface area contributed by atoms with Gasteiger partial charge in [-0.2, -0.15) is 0 Å². The molecule has 3 nitrogen and oxygen atoms in total. The Morgan fingerprint density at radius 2 is 1.75 bits per heavy atom. The third kappa shape index (κ3) is 4.27. The number of aliphatic imine (C=N–C) groups is 1. The third-order valence-corrected chi connectivity index (χ3v) is 7.19. The average Bonchev–Trinajstić information content (AvgIpc) is 2.80. The number of piperidine rings is 1. The molecule has 32 heavy (non-hydrogen) atoms. The topological polar surface area (TPSA) is 18.8 Å². The Hall–Kier alpha value is -2.78. The number of hydrogen-bond acceptors (Lipinski definition) is 3. The van der Waals surface area contributed by atoms with Gasteiger partial charge in [-0.05, 0) is 79.6 Å². The van der Waals surface area contributed by atoms with Gasteiger partial charge in [0.15, 0.2) is 0 Å². The van der Waals surface area contributed by atoms with Crippen LogP contribution in [0.2, 0.25) is 5.02 Å². The minimum absolute atomic E-state index is 0.720. The maximum absolute atomic E-state index is 6.77. The van der Waals surface area contributed by atoms with E-state index in [9.17, 15) is 0 Å². The summed E-state index contributed by atoms with van der Waals surface area (Å²) < 4.78 is 0. The molecule has 0 radical (unpaired) electrons. The highest BCUT2D eigenvalue weighted by Crippen LogP contribution is 2.34. The molecule has 0 saturated carbocycles. The zero-order valence-corrected chi connectivity index (χ0v) is 19.6. The molecule has 5 rings (SSSR count). The molecular formula is C28H30ClN3. The lowest BCUT2D eigenvalue weighted by Crippen LogP contribution is -2.35. The van der Waals surface area contributed by atoms with Crippen molar-refractivity contribution < 1.29 is 0 Å². The van der Waals surface area contributed by atoms with Crippen LogP contribution in [0.5, 0.6) is 0 Å². The smallest absolute Gasteiger partial charge is 0.106 e. The van der Waals surface area contributed by atoms with Crippen LogP contribution in [0, 0.1) is 5.92 Å². The van der Waals surface area contributed by atoms with Gasteiger partial charge in [-0.1, -0.05) is 54.1 Å². The zero-order valence-electron chi connectivity index (χ0n) is 18.9. The minimum atomic E-state index is 0.720. The van der Waals surface area contributed by atoms with Gasteiger partial charge in [0, 0.05) is 31.0 Å². The predicted octanol–water partition coefficient (Wildman–Crippen LogP) is 7.09. The number of allylic oxidation sites excluding steroid dienone is 1. The van der Waals surface area contributed by atoms with Crippen LogP contribution in [0.3, 0.4) is 0 Å². The number of benzene rings is 3. The van der Waals surface area contributed by atoms with Crippen LogP contribution in [0.1, 0.15) is 32.3 Å². The molecule has 1 fully saturated rings. The molecule has 164 valence electrons. The Morgan fingerprint density at radius 3 is 2.53 bits per heavy atom. The number of rotatable bonds is 4. The van der Waals surface area contributed by atoms with Gasteiger partial charge in [0.25, 0.3) is 0 Å². The molecule has 1 saturated heterocycles. The van der Waals surface area contributed by atoms with Gasteiger partial charge < -0.3 is 9.80 Å². The molecule has 3 aromatic rings. The van der Waals surface area contributed by atoms with E-state index in [4.69, 9.17) is 11.6 Å². The Kier molecular flexibility index (Phi) is 5.93. The van der Waals surface area contributed by atoms with E-state index in [1.807, 2.05) is 6.92 Å². The molecule has 0 bridgehead atoms. The molecule has 2 aliphatic rings. The van der Waals surface area contributed by atoms with Crippen molar-refractivity contribution in [2.45, 2.75) is 33.1 Å². The zero-order chi connectivity index (χ0) is 22.1. The van der Waals surface area contributed by atoms with Gasteiger partial charge >= 0.3 is 0 Å². The summed E-state index contributed by atoms with van der Waals surface area (Å²) in [5.41, 5.74) is 4.81. The number of amidine groups is 1. The van der Waals surface area contributed by atoms with Gasteiger partial charge in [-0.15, -0.1) is 0 Å². The maximum atomic E-state index is 6.77. The average molecular weight is 444 g/mol. The van der Waals surface area contributed by atoms with Crippen molar-refractivity contribution in [2.75, 3.05) is 29.4 Å². The van der Waals surface area contributed by atoms with Crippen molar-refractivity contribution in [3.8, 4) is 0 Å². The third-order valence-electron chi connectivity index (χ3n) is 6.88. The summed E-state index contributed by atoms with van der Waals surface area (Å²) >= 11 is 6.77. The van der Waals surface area contributed by atoms with E-state index in [-0.39, 0.29) is 0 Å². The molecule has 0 amide bonds.